The molecule has 0 saturated carbocycles. The molecule has 5 heteroatoms. The van der Waals surface area contributed by atoms with E-state index in [0.29, 0.717) is 23.3 Å². The molecule has 2 aromatic rings. The zero-order chi connectivity index (χ0) is 15.4. The molecule has 0 radical (unpaired) electrons. The van der Waals surface area contributed by atoms with Gasteiger partial charge in [-0.25, -0.2) is 8.78 Å². The van der Waals surface area contributed by atoms with Crippen molar-refractivity contribution in [3.63, 3.8) is 0 Å². The molecule has 0 aromatic heterocycles. The summed E-state index contributed by atoms with van der Waals surface area (Å²) in [5.74, 6) is -0.412. The normalized spacial score (nSPS) is 12.2. The number of rotatable bonds is 5. The Morgan fingerprint density at radius 2 is 2.00 bits per heavy atom. The van der Waals surface area contributed by atoms with Crippen molar-refractivity contribution in [2.45, 2.75) is 12.5 Å². The predicted octanol–water partition coefficient (Wildman–Crippen LogP) is 4.13. The molecular formula is C16H16ClF2NO. The number of halogens is 3. The number of hydrogen-bond acceptors (Lipinski definition) is 2. The van der Waals surface area contributed by atoms with Crippen LogP contribution < -0.4 is 10.1 Å². The van der Waals surface area contributed by atoms with E-state index >= 15 is 0 Å². The van der Waals surface area contributed by atoms with E-state index in [2.05, 4.69) is 5.32 Å². The fourth-order valence-corrected chi connectivity index (χ4v) is 2.41. The predicted molar refractivity (Wildman–Crippen MR) is 79.9 cm³/mol. The van der Waals surface area contributed by atoms with Crippen LogP contribution in [0.4, 0.5) is 8.78 Å². The van der Waals surface area contributed by atoms with Gasteiger partial charge in [-0.3, -0.25) is 0 Å². The van der Waals surface area contributed by atoms with Crippen LogP contribution in [0.2, 0.25) is 5.02 Å². The minimum Gasteiger partial charge on any atom is -0.497 e. The third kappa shape index (κ3) is 3.52. The smallest absolute Gasteiger partial charge is 0.145 e. The van der Waals surface area contributed by atoms with Crippen LogP contribution in [0.25, 0.3) is 0 Å². The quantitative estimate of drug-likeness (QED) is 0.896. The van der Waals surface area contributed by atoms with Gasteiger partial charge < -0.3 is 10.1 Å². The van der Waals surface area contributed by atoms with Gasteiger partial charge in [0.05, 0.1) is 12.1 Å². The van der Waals surface area contributed by atoms with E-state index in [1.54, 1.807) is 31.3 Å². The molecule has 0 heterocycles. The Kier molecular flexibility index (Phi) is 5.15. The van der Waals surface area contributed by atoms with E-state index in [9.17, 15) is 8.78 Å². The molecule has 1 atom stereocenters. The molecule has 0 fully saturated rings. The molecule has 112 valence electrons. The minimum absolute atomic E-state index is 0.0672. The molecule has 0 aliphatic rings. The maximum Gasteiger partial charge on any atom is 0.145 e. The maximum absolute atomic E-state index is 14.1. The van der Waals surface area contributed by atoms with E-state index in [4.69, 9.17) is 16.3 Å². The molecule has 0 bridgehead atoms. The monoisotopic (exact) mass is 311 g/mol. The SMILES string of the molecule is CNC(Cc1cccc(Cl)c1F)c1ccc(OC)cc1F. The highest BCUT2D eigenvalue weighted by molar-refractivity contribution is 6.30. The molecule has 0 aliphatic heterocycles. The van der Waals surface area contributed by atoms with Crippen molar-refractivity contribution in [1.82, 2.24) is 5.32 Å². The average Bonchev–Trinajstić information content (AvgIpc) is 2.49. The molecule has 0 amide bonds. The lowest BCUT2D eigenvalue weighted by Gasteiger charge is -2.18. The zero-order valence-corrected chi connectivity index (χ0v) is 12.5. The largest absolute Gasteiger partial charge is 0.497 e. The Morgan fingerprint density at radius 3 is 2.62 bits per heavy atom. The van der Waals surface area contributed by atoms with Crippen LogP contribution in [0.1, 0.15) is 17.2 Å². The van der Waals surface area contributed by atoms with Crippen LogP contribution in [0.3, 0.4) is 0 Å². The van der Waals surface area contributed by atoms with Gasteiger partial charge in [0.1, 0.15) is 17.4 Å². The molecule has 0 saturated heterocycles. The van der Waals surface area contributed by atoms with Crippen molar-refractivity contribution in [3.05, 3.63) is 64.2 Å². The van der Waals surface area contributed by atoms with E-state index in [-0.39, 0.29) is 11.1 Å². The van der Waals surface area contributed by atoms with Crippen molar-refractivity contribution >= 4 is 11.6 Å². The lowest BCUT2D eigenvalue weighted by molar-refractivity contribution is 0.409. The van der Waals surface area contributed by atoms with Gasteiger partial charge in [0.15, 0.2) is 0 Å². The lowest BCUT2D eigenvalue weighted by atomic mass is 9.98. The second-order valence-corrected chi connectivity index (χ2v) is 5.05. The second-order valence-electron chi connectivity index (χ2n) is 4.65. The Labute approximate surface area is 127 Å². The Hall–Kier alpha value is -1.65. The second kappa shape index (κ2) is 6.87. The van der Waals surface area contributed by atoms with E-state index in [0.717, 1.165) is 0 Å². The summed E-state index contributed by atoms with van der Waals surface area (Å²) >= 11 is 5.77. The summed E-state index contributed by atoms with van der Waals surface area (Å²) in [7, 11) is 3.18. The third-order valence-corrected chi connectivity index (χ3v) is 3.68. The molecule has 21 heavy (non-hydrogen) atoms. The van der Waals surface area contributed by atoms with Gasteiger partial charge in [-0.2, -0.15) is 0 Å². The van der Waals surface area contributed by atoms with Crippen molar-refractivity contribution in [3.8, 4) is 5.75 Å². The lowest BCUT2D eigenvalue weighted by Crippen LogP contribution is -2.20. The summed E-state index contributed by atoms with van der Waals surface area (Å²) in [5.41, 5.74) is 0.898. The van der Waals surface area contributed by atoms with Gasteiger partial charge in [-0.15, -0.1) is 0 Å². The summed E-state index contributed by atoms with van der Waals surface area (Å²) in [4.78, 5) is 0. The fourth-order valence-electron chi connectivity index (χ4n) is 2.21. The topological polar surface area (TPSA) is 21.3 Å². The first-order valence-corrected chi connectivity index (χ1v) is 6.88. The van der Waals surface area contributed by atoms with Crippen molar-refractivity contribution in [2.24, 2.45) is 0 Å². The van der Waals surface area contributed by atoms with Gasteiger partial charge in [-0.1, -0.05) is 29.8 Å². The van der Waals surface area contributed by atoms with Crippen molar-refractivity contribution in [2.75, 3.05) is 14.2 Å². The number of methoxy groups -OCH3 is 1. The molecule has 2 nitrogen and oxygen atoms in total. The maximum atomic E-state index is 14.1. The number of likely N-dealkylation sites (N-methyl/N-ethyl adjacent to an activating group) is 1. The number of nitrogens with one attached hydrogen (secondary N) is 1. The molecule has 1 N–H and O–H groups in total. The van der Waals surface area contributed by atoms with Gasteiger partial charge in [-0.05, 0) is 31.2 Å². The molecule has 2 aromatic carbocycles. The fraction of sp³-hybridized carbons (Fsp3) is 0.250. The van der Waals surface area contributed by atoms with Crippen molar-refractivity contribution < 1.29 is 13.5 Å². The summed E-state index contributed by atoms with van der Waals surface area (Å²) in [5, 5.41) is 3.07. The summed E-state index contributed by atoms with van der Waals surface area (Å²) < 4.78 is 33.1. The molecule has 0 aliphatic carbocycles. The number of benzene rings is 2. The minimum atomic E-state index is -0.465. The van der Waals surface area contributed by atoms with Crippen LogP contribution in [0, 0.1) is 11.6 Å². The van der Waals surface area contributed by atoms with Crippen LogP contribution in [-0.2, 0) is 6.42 Å². The summed E-state index contributed by atoms with van der Waals surface area (Å²) in [6.07, 6.45) is 0.298. The highest BCUT2D eigenvalue weighted by Gasteiger charge is 2.18. The van der Waals surface area contributed by atoms with E-state index in [1.807, 2.05) is 0 Å². The van der Waals surface area contributed by atoms with Crippen LogP contribution in [-0.4, -0.2) is 14.2 Å². The highest BCUT2D eigenvalue weighted by Crippen LogP contribution is 2.27. The first kappa shape index (κ1) is 15.7. The van der Waals surface area contributed by atoms with Gasteiger partial charge in [0.25, 0.3) is 0 Å². The summed E-state index contributed by atoms with van der Waals surface area (Å²) in [6.45, 7) is 0. The molecule has 1 unspecified atom stereocenters. The molecule has 2 rings (SSSR count). The Balaban J connectivity index is 2.30. The Bertz CT molecular complexity index is 634. The van der Waals surface area contributed by atoms with E-state index in [1.165, 1.54) is 19.2 Å². The standard InChI is InChI=1S/C16H16ClF2NO/c1-20-15(8-10-4-3-5-13(17)16(10)19)12-7-6-11(21-2)9-14(12)18/h3-7,9,15,20H,8H2,1-2H3. The van der Waals surface area contributed by atoms with Gasteiger partial charge >= 0.3 is 0 Å². The van der Waals surface area contributed by atoms with Crippen LogP contribution in [0.5, 0.6) is 5.75 Å². The van der Waals surface area contributed by atoms with Crippen LogP contribution >= 0.6 is 11.6 Å². The van der Waals surface area contributed by atoms with Crippen LogP contribution in [0.15, 0.2) is 36.4 Å². The number of ether oxygens (including phenoxy) is 1. The highest BCUT2D eigenvalue weighted by atomic mass is 35.5. The molecular weight excluding hydrogens is 296 g/mol. The average molecular weight is 312 g/mol. The number of hydrogen-bond donors (Lipinski definition) is 1. The first-order valence-electron chi connectivity index (χ1n) is 6.50. The first-order chi connectivity index (χ1) is 10.1. The van der Waals surface area contributed by atoms with Gasteiger partial charge in [0, 0.05) is 17.7 Å². The molecule has 0 spiro atoms. The summed E-state index contributed by atoms with van der Waals surface area (Å²) in [6, 6.07) is 9.08. The zero-order valence-electron chi connectivity index (χ0n) is 11.8. The Morgan fingerprint density at radius 1 is 1.24 bits per heavy atom. The third-order valence-electron chi connectivity index (χ3n) is 3.39. The van der Waals surface area contributed by atoms with Gasteiger partial charge in [0.2, 0.25) is 0 Å². The van der Waals surface area contributed by atoms with E-state index < -0.39 is 11.6 Å². The van der Waals surface area contributed by atoms with Crippen molar-refractivity contribution in [1.29, 1.82) is 0 Å².